The largest absolute Gasteiger partial charge is 0.390 e. The molecule has 0 spiro atoms. The van der Waals surface area contributed by atoms with Gasteiger partial charge in [-0.25, -0.2) is 4.79 Å². The fourth-order valence-electron chi connectivity index (χ4n) is 2.27. The van der Waals surface area contributed by atoms with E-state index in [1.54, 1.807) is 0 Å². The van der Waals surface area contributed by atoms with Gasteiger partial charge < -0.3 is 0 Å². The third kappa shape index (κ3) is 2.65. The van der Waals surface area contributed by atoms with E-state index in [0.29, 0.717) is 24.1 Å². The van der Waals surface area contributed by atoms with E-state index in [1.807, 2.05) is 0 Å². The maximum atomic E-state index is 12.2. The molecule has 18 heavy (non-hydrogen) atoms. The molecule has 7 heteroatoms. The molecule has 0 aromatic carbocycles. The van der Waals surface area contributed by atoms with E-state index in [2.05, 4.69) is 4.98 Å². The third-order valence-electron chi connectivity index (χ3n) is 3.12. The Morgan fingerprint density at radius 3 is 2.50 bits per heavy atom. The Bertz CT molecular complexity index is 557. The highest BCUT2D eigenvalue weighted by Gasteiger charge is 2.28. The van der Waals surface area contributed by atoms with Crippen molar-refractivity contribution < 1.29 is 13.2 Å². The Kier molecular flexibility index (Phi) is 3.32. The zero-order valence-electron chi connectivity index (χ0n) is 9.64. The van der Waals surface area contributed by atoms with Crippen LogP contribution in [0, 0.1) is 0 Å². The first-order chi connectivity index (χ1) is 8.38. The lowest BCUT2D eigenvalue weighted by atomic mass is 9.97. The van der Waals surface area contributed by atoms with Crippen molar-refractivity contribution >= 4 is 0 Å². The minimum atomic E-state index is -4.31. The van der Waals surface area contributed by atoms with Gasteiger partial charge in [0, 0.05) is 17.8 Å². The van der Waals surface area contributed by atoms with Crippen LogP contribution in [0.4, 0.5) is 13.2 Å². The first kappa shape index (κ1) is 12.9. The first-order valence-corrected chi connectivity index (χ1v) is 5.80. The summed E-state index contributed by atoms with van der Waals surface area (Å²) in [5.74, 6) is 0. The van der Waals surface area contributed by atoms with Crippen LogP contribution in [0.3, 0.4) is 0 Å². The summed E-state index contributed by atoms with van der Waals surface area (Å²) in [5, 5.41) is 0. The molecule has 4 nitrogen and oxygen atoms in total. The fraction of sp³-hybridized carbons (Fsp3) is 0.636. The van der Waals surface area contributed by atoms with Gasteiger partial charge in [0.25, 0.3) is 5.56 Å². The average Bonchev–Trinajstić information content (AvgIpc) is 2.27. The number of H-pyrrole nitrogens is 1. The second-order valence-corrected chi connectivity index (χ2v) is 4.41. The molecule has 1 aliphatic rings. The van der Waals surface area contributed by atoms with Crippen LogP contribution in [0.2, 0.25) is 0 Å². The van der Waals surface area contributed by atoms with Crippen LogP contribution in [0.15, 0.2) is 9.59 Å². The van der Waals surface area contributed by atoms with Crippen LogP contribution >= 0.6 is 0 Å². The van der Waals surface area contributed by atoms with E-state index in [-0.39, 0.29) is 0 Å². The van der Waals surface area contributed by atoms with Gasteiger partial charge in [-0.2, -0.15) is 13.2 Å². The summed E-state index contributed by atoms with van der Waals surface area (Å²) in [4.78, 5) is 25.2. The number of alkyl halides is 3. The van der Waals surface area contributed by atoms with Gasteiger partial charge in [-0.1, -0.05) is 0 Å². The van der Waals surface area contributed by atoms with Crippen LogP contribution in [0.5, 0.6) is 0 Å². The van der Waals surface area contributed by atoms with Crippen LogP contribution < -0.4 is 11.2 Å². The van der Waals surface area contributed by atoms with Gasteiger partial charge in [-0.05, 0) is 25.7 Å². The Balaban J connectivity index is 2.40. The molecule has 100 valence electrons. The molecule has 0 saturated carbocycles. The highest BCUT2D eigenvalue weighted by Crippen LogP contribution is 2.22. The highest BCUT2D eigenvalue weighted by atomic mass is 19.4. The maximum Gasteiger partial charge on any atom is 0.390 e. The highest BCUT2D eigenvalue weighted by molar-refractivity contribution is 5.20. The molecule has 0 atom stereocenters. The SMILES string of the molecule is O=c1[nH]c(=O)n(CCC(F)(F)F)c2c1CCCC2. The lowest BCUT2D eigenvalue weighted by molar-refractivity contribution is -0.137. The summed E-state index contributed by atoms with van der Waals surface area (Å²) in [7, 11) is 0. The fourth-order valence-corrected chi connectivity index (χ4v) is 2.27. The Morgan fingerprint density at radius 1 is 1.17 bits per heavy atom. The van der Waals surface area contributed by atoms with E-state index < -0.39 is 30.4 Å². The van der Waals surface area contributed by atoms with Crippen molar-refractivity contribution in [3.05, 3.63) is 32.1 Å². The van der Waals surface area contributed by atoms with Gasteiger partial charge >= 0.3 is 11.9 Å². The molecule has 0 bridgehead atoms. The predicted molar refractivity (Wildman–Crippen MR) is 58.6 cm³/mol. The zero-order valence-corrected chi connectivity index (χ0v) is 9.64. The molecule has 1 aromatic rings. The number of nitrogens with one attached hydrogen (secondary N) is 1. The molecule has 1 heterocycles. The summed E-state index contributed by atoms with van der Waals surface area (Å²) >= 11 is 0. The monoisotopic (exact) mass is 262 g/mol. The zero-order chi connectivity index (χ0) is 13.3. The summed E-state index contributed by atoms with van der Waals surface area (Å²) in [6.07, 6.45) is -2.73. The lowest BCUT2D eigenvalue weighted by Gasteiger charge is -2.20. The molecule has 2 rings (SSSR count). The van der Waals surface area contributed by atoms with Gasteiger partial charge in [0.05, 0.1) is 6.42 Å². The number of rotatable bonds is 2. The quantitative estimate of drug-likeness (QED) is 0.875. The molecular weight excluding hydrogens is 249 g/mol. The number of aromatic nitrogens is 2. The van der Waals surface area contributed by atoms with Crippen LogP contribution in [-0.4, -0.2) is 15.7 Å². The van der Waals surface area contributed by atoms with Gasteiger partial charge in [-0.3, -0.25) is 14.3 Å². The van der Waals surface area contributed by atoms with Crippen LogP contribution in [-0.2, 0) is 19.4 Å². The summed E-state index contributed by atoms with van der Waals surface area (Å²) in [5.41, 5.74) is -0.273. The van der Waals surface area contributed by atoms with Crippen molar-refractivity contribution in [2.24, 2.45) is 0 Å². The summed E-state index contributed by atoms with van der Waals surface area (Å²) in [6, 6.07) is 0. The van der Waals surface area contributed by atoms with Gasteiger partial charge in [0.2, 0.25) is 0 Å². The second-order valence-electron chi connectivity index (χ2n) is 4.41. The second kappa shape index (κ2) is 4.62. The van der Waals surface area contributed by atoms with Crippen molar-refractivity contribution in [2.45, 2.75) is 44.8 Å². The number of hydrogen-bond acceptors (Lipinski definition) is 2. The normalized spacial score (nSPS) is 15.5. The van der Waals surface area contributed by atoms with Gasteiger partial charge in [0.15, 0.2) is 0 Å². The average molecular weight is 262 g/mol. The minimum Gasteiger partial charge on any atom is -0.297 e. The lowest BCUT2D eigenvalue weighted by Crippen LogP contribution is -2.37. The molecule has 1 aliphatic carbocycles. The van der Waals surface area contributed by atoms with Crippen molar-refractivity contribution in [2.75, 3.05) is 0 Å². The predicted octanol–water partition coefficient (Wildman–Crippen LogP) is 1.37. The number of aromatic amines is 1. The molecule has 0 fully saturated rings. The van der Waals surface area contributed by atoms with Crippen LogP contribution in [0.1, 0.15) is 30.5 Å². The molecular formula is C11H13F3N2O2. The number of fused-ring (bicyclic) bond motifs is 1. The number of nitrogens with zero attached hydrogens (tertiary/aromatic N) is 1. The minimum absolute atomic E-state index is 0.429. The maximum absolute atomic E-state index is 12.2. The van der Waals surface area contributed by atoms with Gasteiger partial charge in [-0.15, -0.1) is 0 Å². The standard InChI is InChI=1S/C11H13F3N2O2/c12-11(13,14)5-6-16-8-4-2-1-3-7(8)9(17)15-10(16)18/h1-6H2,(H,15,17,18). The summed E-state index contributed by atoms with van der Waals surface area (Å²) in [6.45, 7) is -0.429. The molecule has 0 saturated heterocycles. The molecule has 0 radical (unpaired) electrons. The van der Waals surface area contributed by atoms with E-state index in [1.165, 1.54) is 0 Å². The smallest absolute Gasteiger partial charge is 0.297 e. The van der Waals surface area contributed by atoms with Crippen LogP contribution in [0.25, 0.3) is 0 Å². The van der Waals surface area contributed by atoms with E-state index >= 15 is 0 Å². The molecule has 1 N–H and O–H groups in total. The van der Waals surface area contributed by atoms with E-state index in [9.17, 15) is 22.8 Å². The number of halogens is 3. The molecule has 0 unspecified atom stereocenters. The Hall–Kier alpha value is -1.53. The van der Waals surface area contributed by atoms with Crippen molar-refractivity contribution in [3.8, 4) is 0 Å². The number of hydrogen-bond donors (Lipinski definition) is 1. The van der Waals surface area contributed by atoms with Gasteiger partial charge in [0.1, 0.15) is 0 Å². The molecule has 0 amide bonds. The van der Waals surface area contributed by atoms with Crippen molar-refractivity contribution in [1.29, 1.82) is 0 Å². The van der Waals surface area contributed by atoms with E-state index in [0.717, 1.165) is 17.4 Å². The summed E-state index contributed by atoms with van der Waals surface area (Å²) < 4.78 is 37.7. The molecule has 0 aliphatic heterocycles. The first-order valence-electron chi connectivity index (χ1n) is 5.80. The third-order valence-corrected chi connectivity index (χ3v) is 3.12. The topological polar surface area (TPSA) is 54.9 Å². The van der Waals surface area contributed by atoms with E-state index in [4.69, 9.17) is 0 Å². The Labute approximate surface area is 100 Å². The molecule has 1 aromatic heterocycles. The van der Waals surface area contributed by atoms with Crippen molar-refractivity contribution in [3.63, 3.8) is 0 Å². The van der Waals surface area contributed by atoms with Crippen molar-refractivity contribution in [1.82, 2.24) is 9.55 Å². The Morgan fingerprint density at radius 2 is 1.83 bits per heavy atom.